The second kappa shape index (κ2) is 8.50. The van der Waals surface area contributed by atoms with Crippen LogP contribution in [0.1, 0.15) is 36.6 Å². The van der Waals surface area contributed by atoms with Crippen molar-refractivity contribution in [1.29, 1.82) is 0 Å². The van der Waals surface area contributed by atoms with Crippen molar-refractivity contribution in [3.05, 3.63) is 100 Å². The summed E-state index contributed by atoms with van der Waals surface area (Å²) in [6.07, 6.45) is 0. The summed E-state index contributed by atoms with van der Waals surface area (Å²) in [6.45, 7) is 0. The lowest BCUT2D eigenvalue weighted by Crippen LogP contribution is -2.17. The van der Waals surface area contributed by atoms with Crippen molar-refractivity contribution in [3.8, 4) is 0 Å². The first-order valence-electron chi connectivity index (χ1n) is 8.39. The number of carbonyl (C=O) groups is 3. The highest BCUT2D eigenvalue weighted by Crippen LogP contribution is 2.23. The number of hydrogen-bond donors (Lipinski definition) is 1. The average Bonchev–Trinajstić information content (AvgIpc) is 2.74. The Morgan fingerprint density at radius 3 is 2.14 bits per heavy atom. The van der Waals surface area contributed by atoms with Crippen LogP contribution in [0.25, 0.3) is 0 Å². The zero-order chi connectivity index (χ0) is 20.1. The first-order chi connectivity index (χ1) is 13.5. The fourth-order valence-corrected chi connectivity index (χ4v) is 2.89. The molecule has 0 bridgehead atoms. The van der Waals surface area contributed by atoms with Gasteiger partial charge in [0.1, 0.15) is 0 Å². The summed E-state index contributed by atoms with van der Waals surface area (Å²) >= 11 is 6.00. The van der Waals surface area contributed by atoms with Crippen molar-refractivity contribution in [2.45, 2.75) is 0 Å². The Labute approximate surface area is 166 Å². The van der Waals surface area contributed by atoms with Crippen LogP contribution in [0, 0.1) is 0 Å². The molecule has 1 N–H and O–H groups in total. The highest BCUT2D eigenvalue weighted by Gasteiger charge is 2.19. The summed E-state index contributed by atoms with van der Waals surface area (Å²) < 4.78 is 4.68. The van der Waals surface area contributed by atoms with Gasteiger partial charge in [-0.25, -0.2) is 4.79 Å². The van der Waals surface area contributed by atoms with Crippen molar-refractivity contribution < 1.29 is 19.1 Å². The SMILES string of the molecule is COC(=O)c1cc(NC(=O)c2ccccc2C(=O)c2ccccc2)ccc1Cl. The van der Waals surface area contributed by atoms with Crippen LogP contribution in [0.15, 0.2) is 72.8 Å². The van der Waals surface area contributed by atoms with Gasteiger partial charge in [-0.15, -0.1) is 0 Å². The number of methoxy groups -OCH3 is 1. The van der Waals surface area contributed by atoms with Gasteiger partial charge in [-0.3, -0.25) is 9.59 Å². The van der Waals surface area contributed by atoms with Gasteiger partial charge in [-0.1, -0.05) is 60.1 Å². The number of ketones is 1. The number of carbonyl (C=O) groups excluding carboxylic acids is 3. The Hall–Kier alpha value is -3.44. The third-order valence-corrected chi connectivity index (χ3v) is 4.41. The van der Waals surface area contributed by atoms with Crippen LogP contribution in [0.2, 0.25) is 5.02 Å². The Morgan fingerprint density at radius 2 is 1.46 bits per heavy atom. The maximum absolute atomic E-state index is 12.8. The molecule has 140 valence electrons. The van der Waals surface area contributed by atoms with Gasteiger partial charge in [0, 0.05) is 16.8 Å². The minimum absolute atomic E-state index is 0.135. The quantitative estimate of drug-likeness (QED) is 0.507. The summed E-state index contributed by atoms with van der Waals surface area (Å²) in [4.78, 5) is 37.4. The molecule has 0 aliphatic rings. The van der Waals surface area contributed by atoms with Crippen molar-refractivity contribution in [2.75, 3.05) is 12.4 Å². The van der Waals surface area contributed by atoms with E-state index in [9.17, 15) is 14.4 Å². The lowest BCUT2D eigenvalue weighted by molar-refractivity contribution is 0.0600. The molecule has 0 saturated heterocycles. The molecule has 6 heteroatoms. The van der Waals surface area contributed by atoms with Crippen LogP contribution >= 0.6 is 11.6 Å². The molecule has 0 unspecified atom stereocenters. The molecule has 0 radical (unpaired) electrons. The molecule has 0 heterocycles. The average molecular weight is 394 g/mol. The van der Waals surface area contributed by atoms with Crippen LogP contribution < -0.4 is 5.32 Å². The zero-order valence-corrected chi connectivity index (χ0v) is 15.7. The number of halogens is 1. The van der Waals surface area contributed by atoms with Crippen LogP contribution in [-0.4, -0.2) is 24.8 Å². The van der Waals surface area contributed by atoms with Gasteiger partial charge in [0.2, 0.25) is 0 Å². The Bertz CT molecular complexity index is 1050. The lowest BCUT2D eigenvalue weighted by Gasteiger charge is -2.11. The van der Waals surface area contributed by atoms with E-state index in [4.69, 9.17) is 11.6 Å². The van der Waals surface area contributed by atoms with E-state index in [1.54, 1.807) is 54.6 Å². The Kier molecular flexibility index (Phi) is 5.87. The number of rotatable bonds is 5. The molecule has 3 aromatic carbocycles. The van der Waals surface area contributed by atoms with Crippen LogP contribution in [0.5, 0.6) is 0 Å². The number of amides is 1. The molecular weight excluding hydrogens is 378 g/mol. The Balaban J connectivity index is 1.90. The zero-order valence-electron chi connectivity index (χ0n) is 14.9. The van der Waals surface area contributed by atoms with Gasteiger partial charge in [-0.05, 0) is 24.3 Å². The molecule has 3 rings (SSSR count). The highest BCUT2D eigenvalue weighted by atomic mass is 35.5. The molecule has 0 saturated carbocycles. The molecule has 0 fully saturated rings. The standard InChI is InChI=1S/C22H16ClNO4/c1-28-22(27)18-13-15(11-12-19(18)23)24-21(26)17-10-6-5-9-16(17)20(25)14-7-3-2-4-8-14/h2-13H,1H3,(H,24,26). The first kappa shape index (κ1) is 19.3. The van der Waals surface area contributed by atoms with Gasteiger partial charge in [0.05, 0.1) is 23.3 Å². The third-order valence-electron chi connectivity index (χ3n) is 4.08. The van der Waals surface area contributed by atoms with Gasteiger partial charge in [0.25, 0.3) is 5.91 Å². The summed E-state index contributed by atoms with van der Waals surface area (Å²) in [5, 5.41) is 2.91. The van der Waals surface area contributed by atoms with Gasteiger partial charge >= 0.3 is 5.97 Å². The molecular formula is C22H16ClNO4. The summed E-state index contributed by atoms with van der Waals surface area (Å²) in [5.74, 6) is -1.34. The topological polar surface area (TPSA) is 72.5 Å². The molecule has 28 heavy (non-hydrogen) atoms. The lowest BCUT2D eigenvalue weighted by atomic mass is 9.98. The van der Waals surface area contributed by atoms with E-state index in [0.29, 0.717) is 11.3 Å². The normalized spacial score (nSPS) is 10.2. The second-order valence-electron chi connectivity index (χ2n) is 5.88. The minimum Gasteiger partial charge on any atom is -0.465 e. The molecule has 0 aromatic heterocycles. The van der Waals surface area contributed by atoms with Gasteiger partial charge < -0.3 is 10.1 Å². The highest BCUT2D eigenvalue weighted by molar-refractivity contribution is 6.33. The van der Waals surface area contributed by atoms with Crippen LogP contribution in [0.4, 0.5) is 5.69 Å². The van der Waals surface area contributed by atoms with Crippen LogP contribution in [-0.2, 0) is 4.74 Å². The molecule has 0 atom stereocenters. The summed E-state index contributed by atoms with van der Waals surface area (Å²) in [6, 6.07) is 19.8. The fraction of sp³-hybridized carbons (Fsp3) is 0.0455. The van der Waals surface area contributed by atoms with Crippen LogP contribution in [0.3, 0.4) is 0 Å². The molecule has 0 aliphatic heterocycles. The number of esters is 1. The van der Waals surface area contributed by atoms with Gasteiger partial charge in [0.15, 0.2) is 5.78 Å². The van der Waals surface area contributed by atoms with E-state index < -0.39 is 11.9 Å². The fourth-order valence-electron chi connectivity index (χ4n) is 2.69. The first-order valence-corrected chi connectivity index (χ1v) is 8.77. The maximum atomic E-state index is 12.8. The number of nitrogens with one attached hydrogen (secondary N) is 1. The van der Waals surface area contributed by atoms with E-state index in [-0.39, 0.29) is 27.5 Å². The summed E-state index contributed by atoms with van der Waals surface area (Å²) in [5.41, 5.74) is 1.49. The molecule has 0 spiro atoms. The second-order valence-corrected chi connectivity index (χ2v) is 6.29. The third kappa shape index (κ3) is 4.10. The number of anilines is 1. The van der Waals surface area contributed by atoms with E-state index in [0.717, 1.165) is 0 Å². The molecule has 3 aromatic rings. The molecule has 0 aliphatic carbocycles. The molecule has 5 nitrogen and oxygen atoms in total. The van der Waals surface area contributed by atoms with Crippen molar-refractivity contribution in [1.82, 2.24) is 0 Å². The predicted octanol–water partition coefficient (Wildman–Crippen LogP) is 4.61. The monoisotopic (exact) mass is 393 g/mol. The van der Waals surface area contributed by atoms with Crippen molar-refractivity contribution >= 4 is 34.9 Å². The van der Waals surface area contributed by atoms with E-state index in [1.807, 2.05) is 6.07 Å². The Morgan fingerprint density at radius 1 is 0.821 bits per heavy atom. The largest absolute Gasteiger partial charge is 0.465 e. The maximum Gasteiger partial charge on any atom is 0.339 e. The number of benzene rings is 3. The van der Waals surface area contributed by atoms with E-state index in [1.165, 1.54) is 19.2 Å². The van der Waals surface area contributed by atoms with E-state index >= 15 is 0 Å². The number of hydrogen-bond acceptors (Lipinski definition) is 4. The summed E-state index contributed by atoms with van der Waals surface area (Å²) in [7, 11) is 1.25. The minimum atomic E-state index is -0.610. The smallest absolute Gasteiger partial charge is 0.339 e. The van der Waals surface area contributed by atoms with Gasteiger partial charge in [-0.2, -0.15) is 0 Å². The number of ether oxygens (including phenoxy) is 1. The molecule has 1 amide bonds. The van der Waals surface area contributed by atoms with E-state index in [2.05, 4.69) is 10.1 Å². The van der Waals surface area contributed by atoms with Crippen molar-refractivity contribution in [2.24, 2.45) is 0 Å². The van der Waals surface area contributed by atoms with Crippen molar-refractivity contribution in [3.63, 3.8) is 0 Å². The predicted molar refractivity (Wildman–Crippen MR) is 107 cm³/mol.